The van der Waals surface area contributed by atoms with E-state index in [1.807, 2.05) is 0 Å². The molecule has 1 aromatic carbocycles. The lowest BCUT2D eigenvalue weighted by atomic mass is 10.2. The lowest BCUT2D eigenvalue weighted by Gasteiger charge is -2.06. The predicted octanol–water partition coefficient (Wildman–Crippen LogP) is 3.13. The van der Waals surface area contributed by atoms with Crippen molar-refractivity contribution in [2.45, 2.75) is 13.3 Å². The zero-order chi connectivity index (χ0) is 12.1. The predicted molar refractivity (Wildman–Crippen MR) is 62.0 cm³/mol. The number of hydrogen-bond acceptors (Lipinski definition) is 3. The Labute approximate surface area is 103 Å². The lowest BCUT2D eigenvalue weighted by molar-refractivity contribution is -0.121. The average molecular weight is 261 g/mol. The fourth-order valence-electron chi connectivity index (χ4n) is 1.01. The Morgan fingerprint density at radius 1 is 1.25 bits per heavy atom. The number of benzene rings is 1. The zero-order valence-corrected chi connectivity index (χ0v) is 10.1. The number of halogens is 2. The molecular weight excluding hydrogens is 251 g/mol. The van der Waals surface area contributed by atoms with Crippen LogP contribution in [0.1, 0.15) is 23.7 Å². The molecule has 86 valence electrons. The summed E-state index contributed by atoms with van der Waals surface area (Å²) in [4.78, 5) is 22.5. The molecule has 0 aliphatic rings. The monoisotopic (exact) mass is 260 g/mol. The first-order valence-corrected chi connectivity index (χ1v) is 5.44. The Morgan fingerprint density at radius 2 is 1.81 bits per heavy atom. The Hall–Kier alpha value is -1.06. The van der Waals surface area contributed by atoms with Crippen LogP contribution in [0, 0.1) is 0 Å². The molecule has 16 heavy (non-hydrogen) atoms. The molecule has 5 heteroatoms. The van der Waals surface area contributed by atoms with E-state index in [1.165, 1.54) is 12.1 Å². The van der Waals surface area contributed by atoms with Crippen LogP contribution >= 0.6 is 23.2 Å². The quantitative estimate of drug-likeness (QED) is 0.782. The van der Waals surface area contributed by atoms with Gasteiger partial charge >= 0.3 is 5.97 Å². The molecule has 0 unspecified atom stereocenters. The molecule has 0 spiro atoms. The Bertz CT molecular complexity index is 395. The molecule has 0 fully saturated rings. The number of ketones is 1. The number of Topliss-reactive ketones (excluding diaryl/α,β-unsaturated/α-hetero) is 1. The molecule has 0 amide bonds. The van der Waals surface area contributed by atoms with Crippen LogP contribution in [0.25, 0.3) is 0 Å². The summed E-state index contributed by atoms with van der Waals surface area (Å²) in [7, 11) is 0. The molecule has 0 aliphatic carbocycles. The van der Waals surface area contributed by atoms with Gasteiger partial charge in [0.25, 0.3) is 0 Å². The van der Waals surface area contributed by atoms with Crippen LogP contribution in [0.2, 0.25) is 10.0 Å². The van der Waals surface area contributed by atoms with Crippen LogP contribution in [0.5, 0.6) is 0 Å². The molecule has 0 aliphatic heterocycles. The molecule has 0 N–H and O–H groups in total. The van der Waals surface area contributed by atoms with Crippen molar-refractivity contribution in [3.63, 3.8) is 0 Å². The van der Waals surface area contributed by atoms with Crippen LogP contribution in [-0.4, -0.2) is 18.4 Å². The summed E-state index contributed by atoms with van der Waals surface area (Å²) in [5.41, 5.74) is 0.0923. The van der Waals surface area contributed by atoms with E-state index in [2.05, 4.69) is 0 Å². The van der Waals surface area contributed by atoms with Gasteiger partial charge in [0.1, 0.15) is 6.61 Å². The van der Waals surface area contributed by atoms with Gasteiger partial charge < -0.3 is 4.74 Å². The molecule has 0 atom stereocenters. The van der Waals surface area contributed by atoms with Crippen molar-refractivity contribution in [3.8, 4) is 0 Å². The van der Waals surface area contributed by atoms with E-state index in [4.69, 9.17) is 27.9 Å². The van der Waals surface area contributed by atoms with Crippen LogP contribution in [0.4, 0.5) is 0 Å². The van der Waals surface area contributed by atoms with Gasteiger partial charge in [-0.3, -0.25) is 4.79 Å². The number of rotatable bonds is 4. The van der Waals surface area contributed by atoms with Crippen molar-refractivity contribution in [1.29, 1.82) is 0 Å². The second kappa shape index (κ2) is 5.87. The van der Waals surface area contributed by atoms with Gasteiger partial charge in [-0.05, 0) is 12.1 Å². The first-order valence-electron chi connectivity index (χ1n) is 4.69. The van der Waals surface area contributed by atoms with Gasteiger partial charge in [0.15, 0.2) is 5.78 Å². The molecule has 0 saturated heterocycles. The molecule has 1 rings (SSSR count). The zero-order valence-electron chi connectivity index (χ0n) is 8.63. The highest BCUT2D eigenvalue weighted by Gasteiger charge is 2.16. The Morgan fingerprint density at radius 3 is 2.31 bits per heavy atom. The maximum absolute atomic E-state index is 11.6. The van der Waals surface area contributed by atoms with E-state index in [9.17, 15) is 9.59 Å². The topological polar surface area (TPSA) is 43.4 Å². The third-order valence-electron chi connectivity index (χ3n) is 1.93. The summed E-state index contributed by atoms with van der Waals surface area (Å²) in [5.74, 6) is -0.839. The van der Waals surface area contributed by atoms with Gasteiger partial charge in [-0.15, -0.1) is 0 Å². The Balaban J connectivity index is 2.77. The van der Waals surface area contributed by atoms with Crippen LogP contribution in [0.3, 0.4) is 0 Å². The summed E-state index contributed by atoms with van der Waals surface area (Å²) in [5, 5.41) is 0.419. The first-order chi connectivity index (χ1) is 7.56. The van der Waals surface area contributed by atoms with E-state index < -0.39 is 5.97 Å². The summed E-state index contributed by atoms with van der Waals surface area (Å²) in [6.45, 7) is 1.44. The van der Waals surface area contributed by atoms with Gasteiger partial charge in [-0.2, -0.15) is 0 Å². The van der Waals surface area contributed by atoms with E-state index in [0.29, 0.717) is 6.42 Å². The van der Waals surface area contributed by atoms with E-state index in [1.54, 1.807) is 13.0 Å². The maximum atomic E-state index is 11.6. The van der Waals surface area contributed by atoms with Crippen molar-refractivity contribution >= 4 is 35.0 Å². The fourth-order valence-corrected chi connectivity index (χ4v) is 1.56. The molecule has 0 radical (unpaired) electrons. The molecule has 0 saturated carbocycles. The summed E-state index contributed by atoms with van der Waals surface area (Å²) in [6.07, 6.45) is 0.323. The number of hydrogen-bond donors (Lipinski definition) is 0. The van der Waals surface area contributed by atoms with Crippen molar-refractivity contribution in [3.05, 3.63) is 33.8 Å². The molecular formula is C11H10Cl2O3. The molecule has 1 aromatic rings. The summed E-state index contributed by atoms with van der Waals surface area (Å²) in [6, 6.07) is 4.69. The van der Waals surface area contributed by atoms with Crippen molar-refractivity contribution < 1.29 is 14.3 Å². The number of carbonyl (C=O) groups is 2. The second-order valence-corrected chi connectivity index (χ2v) is 3.88. The minimum absolute atomic E-state index is 0.0923. The van der Waals surface area contributed by atoms with Crippen molar-refractivity contribution in [1.82, 2.24) is 0 Å². The third kappa shape index (κ3) is 3.22. The van der Waals surface area contributed by atoms with Gasteiger partial charge in [-0.25, -0.2) is 4.79 Å². The third-order valence-corrected chi connectivity index (χ3v) is 2.56. The Kier molecular flexibility index (Phi) is 4.77. The summed E-state index contributed by atoms with van der Waals surface area (Å²) < 4.78 is 4.79. The highest BCUT2D eigenvalue weighted by Crippen LogP contribution is 2.24. The normalized spacial score (nSPS) is 9.94. The van der Waals surface area contributed by atoms with Crippen molar-refractivity contribution in [2.75, 3.05) is 6.61 Å². The van der Waals surface area contributed by atoms with Crippen LogP contribution < -0.4 is 0 Å². The van der Waals surface area contributed by atoms with E-state index in [-0.39, 0.29) is 28.0 Å². The SMILES string of the molecule is CCC(=O)COC(=O)c1c(Cl)cccc1Cl. The minimum Gasteiger partial charge on any atom is -0.454 e. The van der Waals surface area contributed by atoms with Crippen LogP contribution in [-0.2, 0) is 9.53 Å². The van der Waals surface area contributed by atoms with E-state index >= 15 is 0 Å². The average Bonchev–Trinajstić information content (AvgIpc) is 2.25. The minimum atomic E-state index is -0.683. The van der Waals surface area contributed by atoms with E-state index in [0.717, 1.165) is 0 Å². The smallest absolute Gasteiger partial charge is 0.341 e. The van der Waals surface area contributed by atoms with Crippen LogP contribution in [0.15, 0.2) is 18.2 Å². The lowest BCUT2D eigenvalue weighted by Crippen LogP contribution is -2.13. The van der Waals surface area contributed by atoms with Gasteiger partial charge in [0.2, 0.25) is 0 Å². The molecule has 3 nitrogen and oxygen atoms in total. The number of esters is 1. The van der Waals surface area contributed by atoms with Crippen molar-refractivity contribution in [2.24, 2.45) is 0 Å². The highest BCUT2D eigenvalue weighted by molar-refractivity contribution is 6.39. The molecule has 0 aromatic heterocycles. The van der Waals surface area contributed by atoms with Gasteiger partial charge in [0, 0.05) is 6.42 Å². The van der Waals surface area contributed by atoms with Gasteiger partial charge in [0.05, 0.1) is 15.6 Å². The number of ether oxygens (including phenoxy) is 1. The highest BCUT2D eigenvalue weighted by atomic mass is 35.5. The maximum Gasteiger partial charge on any atom is 0.341 e. The second-order valence-electron chi connectivity index (χ2n) is 3.07. The standard InChI is InChI=1S/C11H10Cl2O3/c1-2-7(14)6-16-11(15)10-8(12)4-3-5-9(10)13/h3-5H,2,6H2,1H3. The fraction of sp³-hybridized carbons (Fsp3) is 0.273. The molecule has 0 heterocycles. The molecule has 0 bridgehead atoms. The first kappa shape index (κ1) is 13.0. The largest absolute Gasteiger partial charge is 0.454 e. The number of carbonyl (C=O) groups excluding carboxylic acids is 2. The van der Waals surface area contributed by atoms with Gasteiger partial charge in [-0.1, -0.05) is 36.2 Å². The summed E-state index contributed by atoms with van der Waals surface area (Å²) >= 11 is 11.6.